The summed E-state index contributed by atoms with van der Waals surface area (Å²) in [6.07, 6.45) is 0. The number of hydrogen-bond acceptors (Lipinski definition) is 4. The monoisotopic (exact) mass is 289 g/mol. The zero-order valence-electron chi connectivity index (χ0n) is 8.35. The van der Waals surface area contributed by atoms with E-state index in [1.165, 1.54) is 18.2 Å². The van der Waals surface area contributed by atoms with E-state index in [0.717, 1.165) is 0 Å². The molecule has 0 radical (unpaired) electrons. The molecular weight excluding hydrogens is 278 g/mol. The smallest absolute Gasteiger partial charge is 0.251 e. The van der Waals surface area contributed by atoms with Gasteiger partial charge in [0.05, 0.1) is 23.7 Å². The Morgan fingerprint density at radius 3 is 2.50 bits per heavy atom. The van der Waals surface area contributed by atoms with Crippen molar-refractivity contribution in [1.29, 1.82) is 0 Å². The lowest BCUT2D eigenvalue weighted by Gasteiger charge is -2.13. The van der Waals surface area contributed by atoms with E-state index >= 15 is 0 Å². The van der Waals surface area contributed by atoms with Crippen LogP contribution < -0.4 is 5.32 Å². The lowest BCUT2D eigenvalue weighted by Crippen LogP contribution is -2.40. The van der Waals surface area contributed by atoms with Crippen LogP contribution in [0.15, 0.2) is 22.7 Å². The normalized spacial score (nSPS) is 10.5. The van der Waals surface area contributed by atoms with Gasteiger partial charge in [0.2, 0.25) is 0 Å². The largest absolute Gasteiger partial charge is 0.507 e. The van der Waals surface area contributed by atoms with Gasteiger partial charge < -0.3 is 20.6 Å². The lowest BCUT2D eigenvalue weighted by atomic mass is 10.2. The standard InChI is InChI=1S/C10H12BrNO4/c11-8-2-1-6(3-9(8)15)10(16)12-7(4-13)5-14/h1-3,7,13-15H,4-5H2,(H,12,16). The highest BCUT2D eigenvalue weighted by Crippen LogP contribution is 2.24. The van der Waals surface area contributed by atoms with Crippen LogP contribution in [-0.2, 0) is 0 Å². The fraction of sp³-hybridized carbons (Fsp3) is 0.300. The van der Waals surface area contributed by atoms with E-state index in [2.05, 4.69) is 21.2 Å². The minimum atomic E-state index is -0.696. The summed E-state index contributed by atoms with van der Waals surface area (Å²) in [5.74, 6) is -0.506. The first-order chi connectivity index (χ1) is 7.58. The Balaban J connectivity index is 2.76. The molecule has 5 nitrogen and oxygen atoms in total. The van der Waals surface area contributed by atoms with Crippen LogP contribution in [0.3, 0.4) is 0 Å². The van der Waals surface area contributed by atoms with Crippen molar-refractivity contribution >= 4 is 21.8 Å². The second-order valence-electron chi connectivity index (χ2n) is 3.20. The van der Waals surface area contributed by atoms with Crippen molar-refractivity contribution in [2.24, 2.45) is 0 Å². The molecule has 0 atom stereocenters. The fourth-order valence-electron chi connectivity index (χ4n) is 1.07. The summed E-state index contributed by atoms with van der Waals surface area (Å²) in [7, 11) is 0. The van der Waals surface area contributed by atoms with Crippen molar-refractivity contribution in [3.63, 3.8) is 0 Å². The molecule has 1 amide bonds. The summed E-state index contributed by atoms with van der Waals surface area (Å²) < 4.78 is 0.491. The highest BCUT2D eigenvalue weighted by Gasteiger charge is 2.12. The van der Waals surface area contributed by atoms with Gasteiger partial charge in [-0.3, -0.25) is 4.79 Å². The van der Waals surface area contributed by atoms with Crippen LogP contribution in [-0.4, -0.2) is 40.5 Å². The maximum absolute atomic E-state index is 11.6. The SMILES string of the molecule is O=C(NC(CO)CO)c1ccc(Br)c(O)c1. The second-order valence-corrected chi connectivity index (χ2v) is 4.06. The summed E-state index contributed by atoms with van der Waals surface area (Å²) >= 11 is 3.09. The Bertz CT molecular complexity index is 379. The number of aliphatic hydroxyl groups excluding tert-OH is 2. The lowest BCUT2D eigenvalue weighted by molar-refractivity contribution is 0.0879. The first kappa shape index (κ1) is 13.0. The molecule has 16 heavy (non-hydrogen) atoms. The molecule has 0 bridgehead atoms. The molecule has 0 aliphatic carbocycles. The molecule has 6 heteroatoms. The predicted octanol–water partition coefficient (Wildman–Crippen LogP) is 0.238. The molecule has 0 unspecified atom stereocenters. The number of carbonyl (C=O) groups is 1. The summed E-state index contributed by atoms with van der Waals surface area (Å²) in [5.41, 5.74) is 0.257. The van der Waals surface area contributed by atoms with Crippen LogP contribution in [0, 0.1) is 0 Å². The van der Waals surface area contributed by atoms with Crippen LogP contribution in [0.4, 0.5) is 0 Å². The molecule has 1 aromatic carbocycles. The van der Waals surface area contributed by atoms with Crippen molar-refractivity contribution in [2.45, 2.75) is 6.04 Å². The zero-order chi connectivity index (χ0) is 12.1. The summed E-state index contributed by atoms with van der Waals surface area (Å²) in [6.45, 7) is -0.685. The Hall–Kier alpha value is -1.11. The van der Waals surface area contributed by atoms with E-state index < -0.39 is 11.9 Å². The Morgan fingerprint density at radius 2 is 2.00 bits per heavy atom. The molecule has 0 heterocycles. The Labute approximate surface area is 101 Å². The third-order valence-corrected chi connectivity index (χ3v) is 2.65. The van der Waals surface area contributed by atoms with Crippen LogP contribution in [0.2, 0.25) is 0 Å². The van der Waals surface area contributed by atoms with Gasteiger partial charge in [-0.25, -0.2) is 0 Å². The average molecular weight is 290 g/mol. The molecule has 0 spiro atoms. The summed E-state index contributed by atoms with van der Waals surface area (Å²) in [4.78, 5) is 11.6. The molecular formula is C10H12BrNO4. The molecule has 88 valence electrons. The number of aromatic hydroxyl groups is 1. The van der Waals surface area contributed by atoms with Crippen LogP contribution in [0.5, 0.6) is 5.75 Å². The minimum Gasteiger partial charge on any atom is -0.507 e. The highest BCUT2D eigenvalue weighted by molar-refractivity contribution is 9.10. The average Bonchev–Trinajstić information content (AvgIpc) is 2.29. The number of halogens is 1. The zero-order valence-corrected chi connectivity index (χ0v) is 9.94. The van der Waals surface area contributed by atoms with Gasteiger partial charge in [-0.1, -0.05) is 0 Å². The maximum atomic E-state index is 11.6. The third kappa shape index (κ3) is 3.19. The van der Waals surface area contributed by atoms with E-state index in [9.17, 15) is 9.90 Å². The number of nitrogens with one attached hydrogen (secondary N) is 1. The maximum Gasteiger partial charge on any atom is 0.251 e. The van der Waals surface area contributed by atoms with Crippen LogP contribution in [0.25, 0.3) is 0 Å². The molecule has 4 N–H and O–H groups in total. The number of phenolic OH excluding ortho intramolecular Hbond substituents is 1. The number of rotatable bonds is 4. The number of aliphatic hydroxyl groups is 2. The van der Waals surface area contributed by atoms with Gasteiger partial charge in [-0.05, 0) is 34.1 Å². The van der Waals surface area contributed by atoms with E-state index in [1.807, 2.05) is 0 Å². The highest BCUT2D eigenvalue weighted by atomic mass is 79.9. The minimum absolute atomic E-state index is 0.0443. The summed E-state index contributed by atoms with van der Waals surface area (Å²) in [6, 6.07) is 3.66. The van der Waals surface area contributed by atoms with Gasteiger partial charge in [0.25, 0.3) is 5.91 Å². The molecule has 1 rings (SSSR count). The molecule has 0 aliphatic rings. The van der Waals surface area contributed by atoms with Crippen LogP contribution in [0.1, 0.15) is 10.4 Å². The molecule has 0 aliphatic heterocycles. The third-order valence-electron chi connectivity index (χ3n) is 1.98. The van der Waals surface area contributed by atoms with Gasteiger partial charge >= 0.3 is 0 Å². The quantitative estimate of drug-likeness (QED) is 0.639. The van der Waals surface area contributed by atoms with E-state index in [0.29, 0.717) is 4.47 Å². The first-order valence-electron chi connectivity index (χ1n) is 4.59. The molecule has 0 saturated carbocycles. The molecule has 0 aromatic heterocycles. The first-order valence-corrected chi connectivity index (χ1v) is 5.39. The van der Waals surface area contributed by atoms with Gasteiger partial charge in [0, 0.05) is 5.56 Å². The van der Waals surface area contributed by atoms with Gasteiger partial charge in [-0.15, -0.1) is 0 Å². The van der Waals surface area contributed by atoms with Crippen molar-refractivity contribution in [2.75, 3.05) is 13.2 Å². The topological polar surface area (TPSA) is 89.8 Å². The van der Waals surface area contributed by atoms with Crippen molar-refractivity contribution < 1.29 is 20.1 Å². The number of carbonyl (C=O) groups excluding carboxylic acids is 1. The number of amides is 1. The number of hydrogen-bond donors (Lipinski definition) is 4. The van der Waals surface area contributed by atoms with E-state index in [-0.39, 0.29) is 24.5 Å². The van der Waals surface area contributed by atoms with Gasteiger partial charge in [0.1, 0.15) is 5.75 Å². The Kier molecular flexibility index (Phi) is 4.72. The molecule has 0 fully saturated rings. The molecule has 0 saturated heterocycles. The van der Waals surface area contributed by atoms with Crippen molar-refractivity contribution in [3.05, 3.63) is 28.2 Å². The van der Waals surface area contributed by atoms with E-state index in [1.54, 1.807) is 0 Å². The number of benzene rings is 1. The van der Waals surface area contributed by atoms with Gasteiger partial charge in [0.15, 0.2) is 0 Å². The van der Waals surface area contributed by atoms with Gasteiger partial charge in [-0.2, -0.15) is 0 Å². The Morgan fingerprint density at radius 1 is 1.38 bits per heavy atom. The number of phenols is 1. The molecule has 1 aromatic rings. The fourth-order valence-corrected chi connectivity index (χ4v) is 1.32. The van der Waals surface area contributed by atoms with Crippen molar-refractivity contribution in [3.8, 4) is 5.75 Å². The predicted molar refractivity (Wildman–Crippen MR) is 61.2 cm³/mol. The summed E-state index contributed by atoms with van der Waals surface area (Å²) in [5, 5.41) is 29.4. The second kappa shape index (κ2) is 5.83. The van der Waals surface area contributed by atoms with Crippen LogP contribution >= 0.6 is 15.9 Å². The van der Waals surface area contributed by atoms with Crippen molar-refractivity contribution in [1.82, 2.24) is 5.32 Å². The van der Waals surface area contributed by atoms with E-state index in [4.69, 9.17) is 10.2 Å².